The van der Waals surface area contributed by atoms with Gasteiger partial charge in [0.25, 0.3) is 0 Å². The van der Waals surface area contributed by atoms with E-state index >= 15 is 0 Å². The molecule has 4 heteroatoms. The molecule has 1 saturated heterocycles. The van der Waals surface area contributed by atoms with Crippen LogP contribution in [0, 0.1) is 0 Å². The van der Waals surface area contributed by atoms with E-state index in [1.807, 2.05) is 37.3 Å². The maximum Gasteiger partial charge on any atom is 0.327 e. The molecule has 0 spiro atoms. The van der Waals surface area contributed by atoms with Gasteiger partial charge in [-0.2, -0.15) is 0 Å². The molecule has 1 atom stereocenters. The van der Waals surface area contributed by atoms with Crippen LogP contribution in [0.25, 0.3) is 0 Å². The van der Waals surface area contributed by atoms with Crippen LogP contribution >= 0.6 is 12.4 Å². The number of carbonyl (C=O) groups excluding carboxylic acids is 1. The van der Waals surface area contributed by atoms with Gasteiger partial charge in [-0.25, -0.2) is 4.79 Å². The van der Waals surface area contributed by atoms with Crippen molar-refractivity contribution in [3.63, 3.8) is 0 Å². The highest BCUT2D eigenvalue weighted by Gasteiger charge is 2.29. The lowest BCUT2D eigenvalue weighted by molar-refractivity contribution is -0.150. The molecule has 0 radical (unpaired) electrons. The number of rotatable bonds is 4. The minimum Gasteiger partial charge on any atom is -0.465 e. The molecule has 1 aliphatic heterocycles. The summed E-state index contributed by atoms with van der Waals surface area (Å²) < 4.78 is 5.23. The standard InChI is InChI=1S/C15H21NO2.ClH/c1-2-18-15(17)14(13-9-5-3-6-10-13)16-11-7-4-8-12-16;/h3,5-6,9-10,14H,2,4,7-8,11-12H2,1H3;1H. The molecule has 1 aromatic carbocycles. The topological polar surface area (TPSA) is 29.5 Å². The predicted molar refractivity (Wildman–Crippen MR) is 78.5 cm³/mol. The summed E-state index contributed by atoms with van der Waals surface area (Å²) in [7, 11) is 0. The molecule has 1 fully saturated rings. The zero-order valence-electron chi connectivity index (χ0n) is 11.4. The van der Waals surface area contributed by atoms with Crippen molar-refractivity contribution in [3.8, 4) is 0 Å². The van der Waals surface area contributed by atoms with Crippen molar-refractivity contribution < 1.29 is 9.53 Å². The summed E-state index contributed by atoms with van der Waals surface area (Å²) in [5.41, 5.74) is 1.04. The molecular formula is C15H22ClNO2. The van der Waals surface area contributed by atoms with E-state index in [0.717, 1.165) is 18.7 Å². The summed E-state index contributed by atoms with van der Waals surface area (Å²) >= 11 is 0. The van der Waals surface area contributed by atoms with Gasteiger partial charge in [-0.15, -0.1) is 12.4 Å². The summed E-state index contributed by atoms with van der Waals surface area (Å²) in [6.45, 7) is 4.27. The maximum absolute atomic E-state index is 12.2. The van der Waals surface area contributed by atoms with Gasteiger partial charge in [0.2, 0.25) is 0 Å². The molecule has 2 rings (SSSR count). The summed E-state index contributed by atoms with van der Waals surface area (Å²) in [5, 5.41) is 0. The molecule has 0 aromatic heterocycles. The van der Waals surface area contributed by atoms with Crippen LogP contribution in [0.3, 0.4) is 0 Å². The van der Waals surface area contributed by atoms with Crippen molar-refractivity contribution in [1.82, 2.24) is 4.90 Å². The summed E-state index contributed by atoms with van der Waals surface area (Å²) in [6, 6.07) is 9.72. The highest BCUT2D eigenvalue weighted by molar-refractivity contribution is 5.85. The van der Waals surface area contributed by atoms with Gasteiger partial charge in [0.1, 0.15) is 6.04 Å². The lowest BCUT2D eigenvalue weighted by Gasteiger charge is -2.33. The van der Waals surface area contributed by atoms with Crippen molar-refractivity contribution in [2.24, 2.45) is 0 Å². The zero-order valence-corrected chi connectivity index (χ0v) is 12.2. The van der Waals surface area contributed by atoms with Gasteiger partial charge < -0.3 is 4.74 Å². The number of hydrogen-bond donors (Lipinski definition) is 0. The molecule has 1 aromatic rings. The highest BCUT2D eigenvalue weighted by Crippen LogP contribution is 2.25. The molecule has 19 heavy (non-hydrogen) atoms. The Kier molecular flexibility index (Phi) is 6.89. The van der Waals surface area contributed by atoms with Gasteiger partial charge in [0.15, 0.2) is 0 Å². The maximum atomic E-state index is 12.2. The largest absolute Gasteiger partial charge is 0.465 e. The van der Waals surface area contributed by atoms with Crippen LogP contribution in [0.2, 0.25) is 0 Å². The number of nitrogens with zero attached hydrogens (tertiary/aromatic N) is 1. The van der Waals surface area contributed by atoms with E-state index in [9.17, 15) is 4.79 Å². The van der Waals surface area contributed by atoms with Crippen LogP contribution in [0.15, 0.2) is 30.3 Å². The van der Waals surface area contributed by atoms with Crippen molar-refractivity contribution >= 4 is 18.4 Å². The van der Waals surface area contributed by atoms with Crippen LogP contribution in [-0.2, 0) is 9.53 Å². The van der Waals surface area contributed by atoms with Gasteiger partial charge in [-0.3, -0.25) is 4.90 Å². The summed E-state index contributed by atoms with van der Waals surface area (Å²) in [4.78, 5) is 14.4. The Morgan fingerprint density at radius 1 is 1.21 bits per heavy atom. The number of likely N-dealkylation sites (tertiary alicyclic amines) is 1. The Labute approximate surface area is 121 Å². The molecule has 3 nitrogen and oxygen atoms in total. The van der Waals surface area contributed by atoms with Gasteiger partial charge in [0, 0.05) is 0 Å². The Hall–Kier alpha value is -1.06. The zero-order chi connectivity index (χ0) is 12.8. The molecular weight excluding hydrogens is 262 g/mol. The minimum atomic E-state index is -0.230. The molecule has 0 N–H and O–H groups in total. The first kappa shape index (κ1) is 16.0. The minimum absolute atomic E-state index is 0. The van der Waals surface area contributed by atoms with Gasteiger partial charge in [0.05, 0.1) is 6.61 Å². The molecule has 0 saturated carbocycles. The van der Waals surface area contributed by atoms with Crippen molar-refractivity contribution in [2.75, 3.05) is 19.7 Å². The number of piperidine rings is 1. The molecule has 0 amide bonds. The molecule has 0 bridgehead atoms. The average Bonchev–Trinajstić information content (AvgIpc) is 2.42. The van der Waals surface area contributed by atoms with E-state index in [1.165, 1.54) is 19.3 Å². The van der Waals surface area contributed by atoms with Gasteiger partial charge in [-0.1, -0.05) is 36.8 Å². The summed E-state index contributed by atoms with van der Waals surface area (Å²) in [6.07, 6.45) is 3.60. The van der Waals surface area contributed by atoms with Crippen LogP contribution in [-0.4, -0.2) is 30.6 Å². The SMILES string of the molecule is CCOC(=O)C(c1ccccc1)N1CCCCC1.Cl. The Morgan fingerprint density at radius 3 is 2.42 bits per heavy atom. The second-order valence-electron chi connectivity index (χ2n) is 4.66. The van der Waals surface area contributed by atoms with Crippen LogP contribution < -0.4 is 0 Å². The normalized spacial score (nSPS) is 17.3. The Bertz CT molecular complexity index is 377. The highest BCUT2D eigenvalue weighted by atomic mass is 35.5. The Balaban J connectivity index is 0.00000180. The van der Waals surface area contributed by atoms with Crippen LogP contribution in [0.5, 0.6) is 0 Å². The second-order valence-corrected chi connectivity index (χ2v) is 4.66. The fourth-order valence-corrected chi connectivity index (χ4v) is 2.53. The monoisotopic (exact) mass is 283 g/mol. The average molecular weight is 284 g/mol. The number of halogens is 1. The third-order valence-electron chi connectivity index (χ3n) is 3.38. The fraction of sp³-hybridized carbons (Fsp3) is 0.533. The summed E-state index contributed by atoms with van der Waals surface area (Å²) in [5.74, 6) is -0.120. The van der Waals surface area contributed by atoms with Crippen molar-refractivity contribution in [2.45, 2.75) is 32.2 Å². The molecule has 1 unspecified atom stereocenters. The fourth-order valence-electron chi connectivity index (χ4n) is 2.53. The second kappa shape index (κ2) is 8.18. The molecule has 1 heterocycles. The van der Waals surface area contributed by atoms with E-state index in [2.05, 4.69) is 4.90 Å². The number of ether oxygens (including phenoxy) is 1. The van der Waals surface area contributed by atoms with Crippen LogP contribution in [0.1, 0.15) is 37.8 Å². The first-order valence-electron chi connectivity index (χ1n) is 6.78. The lowest BCUT2D eigenvalue weighted by Crippen LogP contribution is -2.38. The number of carbonyl (C=O) groups is 1. The van der Waals surface area contributed by atoms with Crippen molar-refractivity contribution in [1.29, 1.82) is 0 Å². The van der Waals surface area contributed by atoms with E-state index < -0.39 is 0 Å². The van der Waals surface area contributed by atoms with E-state index in [-0.39, 0.29) is 24.4 Å². The first-order chi connectivity index (χ1) is 8.83. The van der Waals surface area contributed by atoms with Crippen molar-refractivity contribution in [3.05, 3.63) is 35.9 Å². The molecule has 0 aliphatic carbocycles. The first-order valence-corrected chi connectivity index (χ1v) is 6.78. The van der Waals surface area contributed by atoms with E-state index in [0.29, 0.717) is 6.61 Å². The van der Waals surface area contributed by atoms with Crippen LogP contribution in [0.4, 0.5) is 0 Å². The van der Waals surface area contributed by atoms with E-state index in [1.54, 1.807) is 0 Å². The smallest absolute Gasteiger partial charge is 0.327 e. The molecule has 106 valence electrons. The number of esters is 1. The predicted octanol–water partition coefficient (Wildman–Crippen LogP) is 3.20. The quantitative estimate of drug-likeness (QED) is 0.795. The third-order valence-corrected chi connectivity index (χ3v) is 3.38. The van der Waals surface area contributed by atoms with Gasteiger partial charge in [-0.05, 0) is 38.4 Å². The van der Waals surface area contributed by atoms with E-state index in [4.69, 9.17) is 4.74 Å². The third kappa shape index (κ3) is 4.22. The van der Waals surface area contributed by atoms with Gasteiger partial charge >= 0.3 is 5.97 Å². The lowest BCUT2D eigenvalue weighted by atomic mass is 10.0. The Morgan fingerprint density at radius 2 is 1.84 bits per heavy atom. The molecule has 1 aliphatic rings. The number of hydrogen-bond acceptors (Lipinski definition) is 3. The number of benzene rings is 1.